The molecule has 1 aliphatic heterocycles. The summed E-state index contributed by atoms with van der Waals surface area (Å²) in [6, 6.07) is 4.95. The topological polar surface area (TPSA) is 43.8 Å². The van der Waals surface area contributed by atoms with E-state index in [9.17, 15) is 9.90 Å². The Labute approximate surface area is 115 Å². The van der Waals surface area contributed by atoms with Crippen molar-refractivity contribution in [3.63, 3.8) is 0 Å². The summed E-state index contributed by atoms with van der Waals surface area (Å²) < 4.78 is 0.606. The lowest BCUT2D eigenvalue weighted by Gasteiger charge is -2.34. The number of halogens is 1. The van der Waals surface area contributed by atoms with Crippen LogP contribution in [0.4, 0.5) is 0 Å². The van der Waals surface area contributed by atoms with Gasteiger partial charge in [0.15, 0.2) is 0 Å². The zero-order valence-electron chi connectivity index (χ0n) is 10.4. The highest BCUT2D eigenvalue weighted by molar-refractivity contribution is 9.10. The molecule has 1 aliphatic rings. The summed E-state index contributed by atoms with van der Waals surface area (Å²) in [5, 5.41) is 9.60. The summed E-state index contributed by atoms with van der Waals surface area (Å²) >= 11 is 3.21. The second-order valence-corrected chi connectivity index (χ2v) is 5.25. The Balaban J connectivity index is 2.05. The molecule has 4 nitrogen and oxygen atoms in total. The van der Waals surface area contributed by atoms with Gasteiger partial charge in [0.2, 0.25) is 0 Å². The number of hydrogen-bond acceptors (Lipinski definition) is 3. The molecule has 5 heteroatoms. The number of carbonyl (C=O) groups excluding carboxylic acids is 1. The Morgan fingerprint density at radius 3 is 2.56 bits per heavy atom. The number of hydrogen-bond donors (Lipinski definition) is 1. The Kier molecular flexibility index (Phi) is 4.24. The number of nitrogens with zero attached hydrogens (tertiary/aromatic N) is 2. The molecule has 0 saturated carbocycles. The molecular weight excluding hydrogens is 296 g/mol. The molecule has 1 aromatic carbocycles. The van der Waals surface area contributed by atoms with E-state index >= 15 is 0 Å². The van der Waals surface area contributed by atoms with Crippen molar-refractivity contribution in [3.8, 4) is 5.75 Å². The van der Waals surface area contributed by atoms with Gasteiger partial charge in [0, 0.05) is 31.7 Å². The van der Waals surface area contributed by atoms with E-state index in [2.05, 4.69) is 27.8 Å². The standard InChI is InChI=1S/C13H17BrN2O2/c1-2-15-5-7-16(8-6-15)13(18)10-3-4-11(14)12(17)9-10/h3-4,9,17H,2,5-8H2,1H3. The van der Waals surface area contributed by atoms with E-state index < -0.39 is 0 Å². The SMILES string of the molecule is CCN1CCN(C(=O)c2ccc(Br)c(O)c2)CC1. The van der Waals surface area contributed by atoms with Gasteiger partial charge < -0.3 is 14.9 Å². The van der Waals surface area contributed by atoms with Crippen molar-refractivity contribution in [2.75, 3.05) is 32.7 Å². The molecule has 1 amide bonds. The fourth-order valence-corrected chi connectivity index (χ4v) is 2.34. The van der Waals surface area contributed by atoms with Crippen molar-refractivity contribution in [2.45, 2.75) is 6.92 Å². The number of piperazine rings is 1. The molecule has 0 aliphatic carbocycles. The molecule has 1 aromatic rings. The number of amides is 1. The first-order valence-electron chi connectivity index (χ1n) is 6.12. The first kappa shape index (κ1) is 13.4. The highest BCUT2D eigenvalue weighted by Gasteiger charge is 2.21. The lowest BCUT2D eigenvalue weighted by atomic mass is 10.1. The number of carbonyl (C=O) groups is 1. The second-order valence-electron chi connectivity index (χ2n) is 4.39. The highest BCUT2D eigenvalue weighted by Crippen LogP contribution is 2.25. The molecule has 0 spiro atoms. The average molecular weight is 313 g/mol. The Bertz CT molecular complexity index is 443. The normalized spacial score (nSPS) is 16.9. The Morgan fingerprint density at radius 2 is 2.00 bits per heavy atom. The van der Waals surface area contributed by atoms with Crippen molar-refractivity contribution < 1.29 is 9.90 Å². The number of likely N-dealkylation sites (N-methyl/N-ethyl adjacent to an activating group) is 1. The highest BCUT2D eigenvalue weighted by atomic mass is 79.9. The molecule has 1 N–H and O–H groups in total. The van der Waals surface area contributed by atoms with E-state index in [1.165, 1.54) is 6.07 Å². The third kappa shape index (κ3) is 2.84. The third-order valence-electron chi connectivity index (χ3n) is 3.30. The van der Waals surface area contributed by atoms with Crippen LogP contribution >= 0.6 is 15.9 Å². The maximum absolute atomic E-state index is 12.2. The van der Waals surface area contributed by atoms with Crippen LogP contribution in [0.15, 0.2) is 22.7 Å². The van der Waals surface area contributed by atoms with E-state index in [0.29, 0.717) is 10.0 Å². The summed E-state index contributed by atoms with van der Waals surface area (Å²) in [6.45, 7) is 6.51. The maximum Gasteiger partial charge on any atom is 0.254 e. The van der Waals surface area contributed by atoms with Gasteiger partial charge in [-0.15, -0.1) is 0 Å². The van der Waals surface area contributed by atoms with E-state index in [0.717, 1.165) is 32.7 Å². The van der Waals surface area contributed by atoms with Gasteiger partial charge >= 0.3 is 0 Å². The third-order valence-corrected chi connectivity index (χ3v) is 3.97. The van der Waals surface area contributed by atoms with Crippen LogP contribution in [-0.4, -0.2) is 53.5 Å². The summed E-state index contributed by atoms with van der Waals surface area (Å²) in [4.78, 5) is 16.4. The van der Waals surface area contributed by atoms with Gasteiger partial charge in [-0.2, -0.15) is 0 Å². The molecule has 0 radical (unpaired) electrons. The molecule has 18 heavy (non-hydrogen) atoms. The lowest BCUT2D eigenvalue weighted by molar-refractivity contribution is 0.0643. The van der Waals surface area contributed by atoms with Gasteiger partial charge in [-0.05, 0) is 40.7 Å². The molecule has 98 valence electrons. The van der Waals surface area contributed by atoms with Crippen LogP contribution in [0.2, 0.25) is 0 Å². The summed E-state index contributed by atoms with van der Waals surface area (Å²) in [5.74, 6) is 0.0987. The van der Waals surface area contributed by atoms with Gasteiger partial charge in [0.1, 0.15) is 5.75 Å². The number of rotatable bonds is 2. The molecule has 1 heterocycles. The van der Waals surface area contributed by atoms with Crippen molar-refractivity contribution in [1.29, 1.82) is 0 Å². The largest absolute Gasteiger partial charge is 0.507 e. The Hall–Kier alpha value is -1.07. The van der Waals surface area contributed by atoms with E-state index in [1.54, 1.807) is 12.1 Å². The van der Waals surface area contributed by atoms with Gasteiger partial charge in [-0.3, -0.25) is 4.79 Å². The molecule has 1 fully saturated rings. The minimum absolute atomic E-state index is 0.00597. The molecule has 1 saturated heterocycles. The number of phenols is 1. The van der Waals surface area contributed by atoms with E-state index in [-0.39, 0.29) is 11.7 Å². The van der Waals surface area contributed by atoms with Crippen molar-refractivity contribution >= 4 is 21.8 Å². The van der Waals surface area contributed by atoms with Crippen LogP contribution in [-0.2, 0) is 0 Å². The van der Waals surface area contributed by atoms with Crippen LogP contribution in [0.3, 0.4) is 0 Å². The molecule has 0 atom stereocenters. The smallest absolute Gasteiger partial charge is 0.254 e. The number of benzene rings is 1. The fraction of sp³-hybridized carbons (Fsp3) is 0.462. The summed E-state index contributed by atoms with van der Waals surface area (Å²) in [7, 11) is 0. The summed E-state index contributed by atoms with van der Waals surface area (Å²) in [5.41, 5.74) is 0.542. The molecule has 0 unspecified atom stereocenters. The lowest BCUT2D eigenvalue weighted by Crippen LogP contribution is -2.48. The van der Waals surface area contributed by atoms with Gasteiger partial charge in [-0.25, -0.2) is 0 Å². The van der Waals surface area contributed by atoms with Gasteiger partial charge in [0.05, 0.1) is 4.47 Å². The van der Waals surface area contributed by atoms with Crippen molar-refractivity contribution in [3.05, 3.63) is 28.2 Å². The monoisotopic (exact) mass is 312 g/mol. The maximum atomic E-state index is 12.2. The number of phenolic OH excluding ortho intramolecular Hbond substituents is 1. The van der Waals surface area contributed by atoms with Crippen molar-refractivity contribution in [2.24, 2.45) is 0 Å². The zero-order valence-corrected chi connectivity index (χ0v) is 12.0. The fourth-order valence-electron chi connectivity index (χ4n) is 2.10. The molecule has 2 rings (SSSR count). The van der Waals surface area contributed by atoms with Crippen LogP contribution < -0.4 is 0 Å². The van der Waals surface area contributed by atoms with Crippen LogP contribution in [0.25, 0.3) is 0 Å². The molecule has 0 bridgehead atoms. The van der Waals surface area contributed by atoms with Crippen LogP contribution in [0, 0.1) is 0 Å². The molecular formula is C13H17BrN2O2. The van der Waals surface area contributed by atoms with E-state index in [4.69, 9.17) is 0 Å². The average Bonchev–Trinajstić information content (AvgIpc) is 2.41. The second kappa shape index (κ2) is 5.71. The predicted molar refractivity (Wildman–Crippen MR) is 73.8 cm³/mol. The first-order valence-corrected chi connectivity index (χ1v) is 6.91. The van der Waals surface area contributed by atoms with E-state index in [1.807, 2.05) is 4.90 Å². The van der Waals surface area contributed by atoms with Gasteiger partial charge in [0.25, 0.3) is 5.91 Å². The van der Waals surface area contributed by atoms with Crippen LogP contribution in [0.5, 0.6) is 5.75 Å². The van der Waals surface area contributed by atoms with Gasteiger partial charge in [-0.1, -0.05) is 6.92 Å². The zero-order chi connectivity index (χ0) is 13.1. The predicted octanol–water partition coefficient (Wildman–Crippen LogP) is 1.93. The quantitative estimate of drug-likeness (QED) is 0.907. The van der Waals surface area contributed by atoms with Crippen LogP contribution in [0.1, 0.15) is 17.3 Å². The Morgan fingerprint density at radius 1 is 1.33 bits per heavy atom. The number of aromatic hydroxyl groups is 1. The minimum atomic E-state index is -0.00597. The molecule has 0 aromatic heterocycles. The summed E-state index contributed by atoms with van der Waals surface area (Å²) in [6.07, 6.45) is 0. The van der Waals surface area contributed by atoms with Crippen molar-refractivity contribution in [1.82, 2.24) is 9.80 Å². The first-order chi connectivity index (χ1) is 8.61. The minimum Gasteiger partial charge on any atom is -0.507 e.